The quantitative estimate of drug-likeness (QED) is 0.150. The van der Waals surface area contributed by atoms with Gasteiger partial charge in [-0.05, 0) is 75.1 Å². The fourth-order valence-electron chi connectivity index (χ4n) is 6.68. The molecular weight excluding hydrogens is 618 g/mol. The molecule has 1 aromatic carbocycles. The zero-order chi connectivity index (χ0) is 33.3. The maximum absolute atomic E-state index is 13.9. The van der Waals surface area contributed by atoms with Crippen LogP contribution in [0.2, 0.25) is 0 Å². The van der Waals surface area contributed by atoms with E-state index < -0.39 is 41.9 Å². The van der Waals surface area contributed by atoms with Crippen LogP contribution in [0.4, 0.5) is 0 Å². The summed E-state index contributed by atoms with van der Waals surface area (Å²) in [5.41, 5.74) is 0.473. The molecule has 0 spiro atoms. The summed E-state index contributed by atoms with van der Waals surface area (Å²) in [5, 5.41) is 45.6. The van der Waals surface area contributed by atoms with Crippen LogP contribution in [0.5, 0.6) is 0 Å². The predicted molar refractivity (Wildman–Crippen MR) is 177 cm³/mol. The number of fused-ring (bicyclic) bond motifs is 1. The molecule has 3 fully saturated rings. The zero-order valence-electron chi connectivity index (χ0n) is 27.2. The van der Waals surface area contributed by atoms with Crippen LogP contribution < -0.4 is 10.6 Å². The van der Waals surface area contributed by atoms with Crippen LogP contribution >= 0.6 is 23.5 Å². The number of nitrogens with zero attached hydrogens (tertiary/aromatic N) is 1. The Labute approximate surface area is 276 Å². The van der Waals surface area contributed by atoms with E-state index in [2.05, 4.69) is 53.6 Å². The molecule has 256 valence electrons. The van der Waals surface area contributed by atoms with Gasteiger partial charge in [0.1, 0.15) is 35.9 Å². The molecule has 3 aliphatic heterocycles. The number of nitrogens with one attached hydrogen (secondary N) is 2. The van der Waals surface area contributed by atoms with E-state index in [-0.39, 0.29) is 29.7 Å². The van der Waals surface area contributed by atoms with Crippen LogP contribution in [0.25, 0.3) is 0 Å². The normalized spacial score (nSPS) is 33.0. The van der Waals surface area contributed by atoms with Crippen LogP contribution in [0.3, 0.4) is 0 Å². The fourth-order valence-corrected chi connectivity index (χ4v) is 8.46. The first kappa shape index (κ1) is 38.0. The Hall–Kier alpha value is -1.42. The van der Waals surface area contributed by atoms with Crippen LogP contribution in [0, 0.1) is 17.8 Å². The topological polar surface area (TPSA) is 161 Å². The third-order valence-corrected chi connectivity index (χ3v) is 10.8. The first-order valence-corrected chi connectivity index (χ1v) is 17.9. The molecule has 3 heterocycles. The third kappa shape index (κ3) is 10.5. The second kappa shape index (κ2) is 18.2. The number of rotatable bonds is 11. The van der Waals surface area contributed by atoms with Gasteiger partial charge in [-0.25, -0.2) is 0 Å². The number of aliphatic hydroxyl groups excluding tert-OH is 3. The molecule has 0 saturated carbocycles. The third-order valence-electron chi connectivity index (χ3n) is 8.70. The maximum atomic E-state index is 13.9. The van der Waals surface area contributed by atoms with Gasteiger partial charge in [0, 0.05) is 29.8 Å². The lowest BCUT2D eigenvalue weighted by Gasteiger charge is -2.44. The van der Waals surface area contributed by atoms with Crippen LogP contribution in [-0.4, -0.2) is 124 Å². The Morgan fingerprint density at radius 3 is 2.40 bits per heavy atom. The summed E-state index contributed by atoms with van der Waals surface area (Å²) in [6.45, 7) is 8.47. The highest BCUT2D eigenvalue weighted by Crippen LogP contribution is 2.36. The second-order valence-corrected chi connectivity index (χ2v) is 15.4. The van der Waals surface area contributed by atoms with E-state index in [0.29, 0.717) is 18.4 Å². The highest BCUT2D eigenvalue weighted by molar-refractivity contribution is 8.00. The van der Waals surface area contributed by atoms with Gasteiger partial charge in [0.15, 0.2) is 0 Å². The molecule has 3 aliphatic rings. The molecule has 0 aliphatic carbocycles. The summed E-state index contributed by atoms with van der Waals surface area (Å²) >= 11 is 2.85. The lowest BCUT2D eigenvalue weighted by Crippen LogP contribution is -2.65. The molecule has 0 aromatic heterocycles. The van der Waals surface area contributed by atoms with Crippen molar-refractivity contribution in [1.29, 1.82) is 0 Å². The van der Waals surface area contributed by atoms with Gasteiger partial charge in [-0.1, -0.05) is 32.9 Å². The van der Waals surface area contributed by atoms with Crippen molar-refractivity contribution < 1.29 is 39.5 Å². The van der Waals surface area contributed by atoms with Crippen molar-refractivity contribution >= 4 is 35.9 Å². The Morgan fingerprint density at radius 2 is 1.80 bits per heavy atom. The standard InChI is InChI=1S/C31H51N3O6S2.CH2O2/c1-17(2)13-20-11-12-39-28-21(14-20)15-32-24(28)30(38)33-23(29-26(36)25(35)27(37)31(40-29)41-6)18(3)42-22-9-7-19(8-10-22)16-34(4)5;2-1-3/h7-10,17-18,20-21,23-29,31-32,35-37H,11-16H2,1-6H3,(H,33,38);1H,(H,2,3)/t18-,20-,21-,23+,24-,25-,26+,27+,28+,29+,31+;/m0./s1. The molecule has 11 atom stereocenters. The molecule has 0 radical (unpaired) electrons. The molecular formula is C32H53N3O8S2. The molecule has 11 nitrogen and oxygen atoms in total. The van der Waals surface area contributed by atoms with E-state index in [0.717, 1.165) is 37.2 Å². The number of carbonyl (C=O) groups excluding carboxylic acids is 1. The van der Waals surface area contributed by atoms with Crippen LogP contribution in [0.15, 0.2) is 29.2 Å². The average molecular weight is 672 g/mol. The molecule has 13 heteroatoms. The number of thioether (sulfide) groups is 2. The summed E-state index contributed by atoms with van der Waals surface area (Å²) in [6.07, 6.45) is -0.0983. The number of ether oxygens (including phenoxy) is 2. The van der Waals surface area contributed by atoms with Gasteiger partial charge in [0.05, 0.1) is 12.1 Å². The summed E-state index contributed by atoms with van der Waals surface area (Å²) in [6, 6.07) is 7.17. The molecule has 6 N–H and O–H groups in total. The average Bonchev–Trinajstić information content (AvgIpc) is 3.27. The number of hydrogen-bond donors (Lipinski definition) is 6. The lowest BCUT2D eigenvalue weighted by molar-refractivity contribution is -0.205. The minimum absolute atomic E-state index is 0.194. The summed E-state index contributed by atoms with van der Waals surface area (Å²) in [4.78, 5) is 25.4. The fraction of sp³-hybridized carbons (Fsp3) is 0.750. The maximum Gasteiger partial charge on any atom is 0.290 e. The molecule has 1 aromatic rings. The Morgan fingerprint density at radius 1 is 1.13 bits per heavy atom. The molecule has 4 rings (SSSR count). The van der Waals surface area contributed by atoms with Crippen molar-refractivity contribution in [2.75, 3.05) is 33.5 Å². The number of hydrogen-bond acceptors (Lipinski definition) is 11. The molecule has 45 heavy (non-hydrogen) atoms. The Bertz CT molecular complexity index is 1050. The molecule has 0 unspecified atom stereocenters. The van der Waals surface area contributed by atoms with Gasteiger partial charge in [0.25, 0.3) is 6.47 Å². The molecule has 0 bridgehead atoms. The first-order chi connectivity index (χ1) is 21.4. The van der Waals surface area contributed by atoms with Crippen LogP contribution in [-0.2, 0) is 25.6 Å². The highest BCUT2D eigenvalue weighted by Gasteiger charge is 2.50. The van der Waals surface area contributed by atoms with Crippen molar-refractivity contribution in [3.63, 3.8) is 0 Å². The summed E-state index contributed by atoms with van der Waals surface area (Å²) in [7, 11) is 4.07. The lowest BCUT2D eigenvalue weighted by atomic mass is 9.85. The smallest absolute Gasteiger partial charge is 0.290 e. The predicted octanol–water partition coefficient (Wildman–Crippen LogP) is 2.01. The zero-order valence-corrected chi connectivity index (χ0v) is 28.9. The Kier molecular flexibility index (Phi) is 15.4. The van der Waals surface area contributed by atoms with Crippen molar-refractivity contribution in [1.82, 2.24) is 15.5 Å². The van der Waals surface area contributed by atoms with Gasteiger partial charge in [-0.15, -0.1) is 23.5 Å². The number of aliphatic hydroxyl groups is 3. The highest BCUT2D eigenvalue weighted by atomic mass is 32.2. The van der Waals surface area contributed by atoms with E-state index in [4.69, 9.17) is 19.4 Å². The van der Waals surface area contributed by atoms with Crippen molar-refractivity contribution in [2.24, 2.45) is 17.8 Å². The van der Waals surface area contributed by atoms with Gasteiger partial charge in [-0.2, -0.15) is 0 Å². The van der Waals surface area contributed by atoms with E-state index in [1.165, 1.54) is 17.3 Å². The van der Waals surface area contributed by atoms with E-state index in [1.54, 1.807) is 18.0 Å². The number of carbonyl (C=O) groups is 2. The monoisotopic (exact) mass is 671 g/mol. The van der Waals surface area contributed by atoms with Crippen molar-refractivity contribution in [3.05, 3.63) is 29.8 Å². The number of amides is 1. The van der Waals surface area contributed by atoms with Crippen LogP contribution in [0.1, 0.15) is 45.6 Å². The SMILES string of the molecule is CS[C@H]1O[C@H]([C@H](NC(=O)[C@H]2NC[C@@H]3C[C@H](CC(C)C)CCO[C@H]32)[C@H](C)Sc2ccc(CN(C)C)cc2)[C@H](O)[C@H](O)[C@H]1O.O=CO. The summed E-state index contributed by atoms with van der Waals surface area (Å²) < 4.78 is 12.5. The van der Waals surface area contributed by atoms with Crippen molar-refractivity contribution in [3.8, 4) is 0 Å². The molecule has 3 saturated heterocycles. The van der Waals surface area contributed by atoms with E-state index >= 15 is 0 Å². The minimum atomic E-state index is -1.39. The number of benzene rings is 1. The number of carboxylic acid groups (broad SMARTS) is 1. The Balaban J connectivity index is 0.00000177. The van der Waals surface area contributed by atoms with Crippen molar-refractivity contribution in [2.45, 2.75) is 105 Å². The first-order valence-electron chi connectivity index (χ1n) is 15.8. The van der Waals surface area contributed by atoms with Gasteiger partial charge < -0.3 is 45.4 Å². The van der Waals surface area contributed by atoms with Gasteiger partial charge in [-0.3, -0.25) is 9.59 Å². The van der Waals surface area contributed by atoms with E-state index in [1.807, 2.05) is 21.0 Å². The largest absolute Gasteiger partial charge is 0.483 e. The van der Waals surface area contributed by atoms with E-state index in [9.17, 15) is 20.1 Å². The second-order valence-electron chi connectivity index (χ2n) is 13.0. The summed E-state index contributed by atoms with van der Waals surface area (Å²) in [5.74, 6) is 1.30. The van der Waals surface area contributed by atoms with Gasteiger partial charge >= 0.3 is 0 Å². The van der Waals surface area contributed by atoms with Gasteiger partial charge in [0.2, 0.25) is 5.91 Å². The molecule has 1 amide bonds. The minimum Gasteiger partial charge on any atom is -0.483 e.